The molecular weight excluding hydrogens is 434 g/mol. The number of carbonyl (C=O) groups excluding carboxylic acids is 3. The summed E-state index contributed by atoms with van der Waals surface area (Å²) < 4.78 is 0.797. The van der Waals surface area contributed by atoms with E-state index in [0.717, 1.165) is 20.1 Å². The van der Waals surface area contributed by atoms with Gasteiger partial charge < -0.3 is 10.6 Å². The lowest BCUT2D eigenvalue weighted by Crippen LogP contribution is -2.42. The van der Waals surface area contributed by atoms with Gasteiger partial charge in [-0.1, -0.05) is 64.5 Å². The lowest BCUT2D eigenvalue weighted by molar-refractivity contribution is -0.133. The van der Waals surface area contributed by atoms with Crippen molar-refractivity contribution in [3.63, 3.8) is 0 Å². The summed E-state index contributed by atoms with van der Waals surface area (Å²) in [5, 5.41) is 7.39. The average molecular weight is 452 g/mol. The minimum absolute atomic E-state index is 0.364. The lowest BCUT2D eigenvalue weighted by atomic mass is 9.92. The average Bonchev–Trinajstić information content (AvgIpc) is 2.92. The van der Waals surface area contributed by atoms with E-state index in [9.17, 15) is 14.4 Å². The zero-order valence-corrected chi connectivity index (χ0v) is 17.2. The van der Waals surface area contributed by atoms with E-state index >= 15 is 0 Å². The molecule has 1 fully saturated rings. The maximum Gasteiger partial charge on any atom is 0.325 e. The minimum Gasteiger partial charge on any atom is -0.324 e. The molecule has 0 radical (unpaired) electrons. The Hall–Kier alpha value is -3.19. The number of benzene rings is 3. The van der Waals surface area contributed by atoms with Crippen LogP contribution < -0.4 is 10.6 Å². The Balaban J connectivity index is 1.54. The molecule has 1 atom stereocenters. The van der Waals surface area contributed by atoms with Crippen molar-refractivity contribution in [2.45, 2.75) is 12.5 Å². The molecule has 4 amide bonds. The summed E-state index contributed by atoms with van der Waals surface area (Å²) in [6, 6.07) is 19.8. The molecule has 2 N–H and O–H groups in total. The highest BCUT2D eigenvalue weighted by Gasteiger charge is 2.49. The highest BCUT2D eigenvalue weighted by atomic mass is 79.9. The van der Waals surface area contributed by atoms with E-state index in [4.69, 9.17) is 0 Å². The van der Waals surface area contributed by atoms with E-state index < -0.39 is 23.4 Å². The van der Waals surface area contributed by atoms with E-state index in [0.29, 0.717) is 11.3 Å². The summed E-state index contributed by atoms with van der Waals surface area (Å²) in [5.41, 5.74) is 0.0534. The maximum absolute atomic E-state index is 13.0. The highest BCUT2D eigenvalue weighted by molar-refractivity contribution is 9.10. The van der Waals surface area contributed by atoms with Crippen LogP contribution in [0.3, 0.4) is 0 Å². The number of rotatable bonds is 4. The molecule has 1 unspecified atom stereocenters. The van der Waals surface area contributed by atoms with E-state index in [1.165, 1.54) is 0 Å². The number of nitrogens with zero attached hydrogens (tertiary/aromatic N) is 1. The molecule has 7 heteroatoms. The summed E-state index contributed by atoms with van der Waals surface area (Å²) in [4.78, 5) is 39.0. The molecule has 0 bridgehead atoms. The van der Waals surface area contributed by atoms with Crippen LogP contribution in [0.1, 0.15) is 12.5 Å². The van der Waals surface area contributed by atoms with Gasteiger partial charge in [0.2, 0.25) is 5.91 Å². The van der Waals surface area contributed by atoms with Gasteiger partial charge in [-0.05, 0) is 36.1 Å². The summed E-state index contributed by atoms with van der Waals surface area (Å²) in [5.74, 6) is -0.906. The van der Waals surface area contributed by atoms with Gasteiger partial charge in [-0.2, -0.15) is 0 Å². The van der Waals surface area contributed by atoms with Gasteiger partial charge >= 0.3 is 6.03 Å². The van der Waals surface area contributed by atoms with E-state index in [1.807, 2.05) is 42.5 Å². The molecule has 4 rings (SSSR count). The van der Waals surface area contributed by atoms with Crippen molar-refractivity contribution in [3.05, 3.63) is 76.8 Å². The minimum atomic E-state index is -1.22. The van der Waals surface area contributed by atoms with Crippen molar-refractivity contribution in [1.29, 1.82) is 0 Å². The van der Waals surface area contributed by atoms with Crippen molar-refractivity contribution >= 4 is 50.2 Å². The summed E-state index contributed by atoms with van der Waals surface area (Å²) in [7, 11) is 0. The summed E-state index contributed by atoms with van der Waals surface area (Å²) in [6.45, 7) is 1.27. The molecule has 29 heavy (non-hydrogen) atoms. The van der Waals surface area contributed by atoms with Crippen LogP contribution in [0, 0.1) is 0 Å². The van der Waals surface area contributed by atoms with Crippen LogP contribution in [-0.2, 0) is 15.1 Å². The molecular formula is C22H18BrN3O3. The van der Waals surface area contributed by atoms with Crippen LogP contribution in [0.2, 0.25) is 0 Å². The predicted molar refractivity (Wildman–Crippen MR) is 114 cm³/mol. The third kappa shape index (κ3) is 3.49. The number of hydrogen-bond donors (Lipinski definition) is 2. The van der Waals surface area contributed by atoms with Gasteiger partial charge in [0.25, 0.3) is 5.91 Å². The molecule has 3 aromatic rings. The number of hydrogen-bond acceptors (Lipinski definition) is 3. The third-order valence-corrected chi connectivity index (χ3v) is 5.54. The van der Waals surface area contributed by atoms with Crippen LogP contribution in [0.5, 0.6) is 0 Å². The lowest BCUT2D eigenvalue weighted by Gasteiger charge is -2.22. The van der Waals surface area contributed by atoms with Crippen molar-refractivity contribution in [2.24, 2.45) is 0 Å². The number of halogens is 1. The highest BCUT2D eigenvalue weighted by Crippen LogP contribution is 2.30. The van der Waals surface area contributed by atoms with Gasteiger partial charge in [0.05, 0.1) is 0 Å². The Labute approximate surface area is 176 Å². The first-order chi connectivity index (χ1) is 13.9. The van der Waals surface area contributed by atoms with Crippen molar-refractivity contribution < 1.29 is 14.4 Å². The second-order valence-corrected chi connectivity index (χ2v) is 7.95. The Morgan fingerprint density at radius 1 is 1.07 bits per heavy atom. The number of fused-ring (bicyclic) bond motifs is 1. The molecule has 1 aliphatic rings. The molecule has 1 aliphatic heterocycles. The van der Waals surface area contributed by atoms with Crippen LogP contribution in [0.15, 0.2) is 71.2 Å². The van der Waals surface area contributed by atoms with Crippen molar-refractivity contribution in [2.75, 3.05) is 11.9 Å². The zero-order chi connectivity index (χ0) is 20.6. The smallest absolute Gasteiger partial charge is 0.324 e. The number of carbonyl (C=O) groups is 3. The molecule has 146 valence electrons. The van der Waals surface area contributed by atoms with Crippen LogP contribution in [-0.4, -0.2) is 29.3 Å². The Bertz CT molecular complexity index is 1140. The summed E-state index contributed by atoms with van der Waals surface area (Å²) in [6.07, 6.45) is 0. The molecule has 0 aromatic heterocycles. The van der Waals surface area contributed by atoms with Gasteiger partial charge in [-0.25, -0.2) is 4.79 Å². The van der Waals surface area contributed by atoms with E-state index in [1.54, 1.807) is 31.2 Å². The van der Waals surface area contributed by atoms with Crippen LogP contribution in [0.4, 0.5) is 10.5 Å². The summed E-state index contributed by atoms with van der Waals surface area (Å²) >= 11 is 3.38. The number of imide groups is 1. The van der Waals surface area contributed by atoms with Gasteiger partial charge in [0, 0.05) is 15.5 Å². The number of amides is 4. The monoisotopic (exact) mass is 451 g/mol. The van der Waals surface area contributed by atoms with Crippen molar-refractivity contribution in [3.8, 4) is 0 Å². The molecule has 6 nitrogen and oxygen atoms in total. The normalized spacial score (nSPS) is 18.8. The van der Waals surface area contributed by atoms with Gasteiger partial charge in [-0.3, -0.25) is 14.5 Å². The largest absolute Gasteiger partial charge is 0.325 e. The Morgan fingerprint density at radius 2 is 1.79 bits per heavy atom. The Morgan fingerprint density at radius 3 is 2.59 bits per heavy atom. The second-order valence-electron chi connectivity index (χ2n) is 7.03. The molecule has 1 saturated heterocycles. The van der Waals surface area contributed by atoms with Gasteiger partial charge in [-0.15, -0.1) is 0 Å². The van der Waals surface area contributed by atoms with E-state index in [-0.39, 0.29) is 6.54 Å². The first-order valence-electron chi connectivity index (χ1n) is 9.06. The van der Waals surface area contributed by atoms with Crippen LogP contribution >= 0.6 is 15.9 Å². The quantitative estimate of drug-likeness (QED) is 0.588. The molecule has 0 spiro atoms. The first-order valence-corrected chi connectivity index (χ1v) is 9.85. The van der Waals surface area contributed by atoms with Gasteiger partial charge in [0.1, 0.15) is 12.1 Å². The number of anilines is 1. The second kappa shape index (κ2) is 7.33. The fourth-order valence-corrected chi connectivity index (χ4v) is 3.90. The maximum atomic E-state index is 13.0. The standard InChI is InChI=1S/C22H18BrN3O3/c1-22(15-8-5-9-16(23)12-15)20(28)26(21(29)25-22)13-19(27)24-18-11-4-7-14-6-2-3-10-17(14)18/h2-12H,13H2,1H3,(H,24,27)(H,25,29). The third-order valence-electron chi connectivity index (χ3n) is 5.04. The molecule has 0 saturated carbocycles. The predicted octanol–water partition coefficient (Wildman–Crippen LogP) is 4.01. The number of nitrogens with one attached hydrogen (secondary N) is 2. The first kappa shape index (κ1) is 19.1. The molecule has 0 aliphatic carbocycles. The Kier molecular flexibility index (Phi) is 4.84. The fraction of sp³-hybridized carbons (Fsp3) is 0.136. The molecule has 3 aromatic carbocycles. The topological polar surface area (TPSA) is 78.5 Å². The number of urea groups is 1. The van der Waals surface area contributed by atoms with Gasteiger partial charge in [0.15, 0.2) is 0 Å². The molecule has 1 heterocycles. The SMILES string of the molecule is CC1(c2cccc(Br)c2)NC(=O)N(CC(=O)Nc2cccc3ccccc23)C1=O. The van der Waals surface area contributed by atoms with Crippen LogP contribution in [0.25, 0.3) is 10.8 Å². The zero-order valence-electron chi connectivity index (χ0n) is 15.6. The van der Waals surface area contributed by atoms with Crippen molar-refractivity contribution in [1.82, 2.24) is 10.2 Å². The fourth-order valence-electron chi connectivity index (χ4n) is 3.50. The van der Waals surface area contributed by atoms with E-state index in [2.05, 4.69) is 26.6 Å².